The van der Waals surface area contributed by atoms with Crippen LogP contribution in [0.4, 0.5) is 11.4 Å². The molecule has 2 aromatic carbocycles. The van der Waals surface area contributed by atoms with Crippen LogP contribution in [0.15, 0.2) is 48.5 Å². The molecular weight excluding hydrogens is 338 g/mol. The Labute approximate surface area is 153 Å². The number of anilines is 2. The summed E-state index contributed by atoms with van der Waals surface area (Å²) in [5.41, 5.74) is 1.96. The van der Waals surface area contributed by atoms with Gasteiger partial charge in [0.05, 0.1) is 13.7 Å². The molecule has 2 aromatic rings. The molecule has 0 bridgehead atoms. The van der Waals surface area contributed by atoms with Crippen molar-refractivity contribution in [2.45, 2.75) is 0 Å². The highest BCUT2D eigenvalue weighted by atomic mass is 35.5. The zero-order chi connectivity index (χ0) is 17.6. The molecule has 132 valence electrons. The fourth-order valence-corrected chi connectivity index (χ4v) is 3.02. The van der Waals surface area contributed by atoms with Crippen LogP contribution in [0.25, 0.3) is 0 Å². The second kappa shape index (κ2) is 8.23. The van der Waals surface area contributed by atoms with Crippen LogP contribution < -0.4 is 15.0 Å². The van der Waals surface area contributed by atoms with Gasteiger partial charge in [-0.15, -0.1) is 0 Å². The van der Waals surface area contributed by atoms with Crippen LogP contribution in [0.2, 0.25) is 5.02 Å². The number of ether oxygens (including phenoxy) is 1. The largest absolute Gasteiger partial charge is 0.497 e. The van der Waals surface area contributed by atoms with Gasteiger partial charge in [0, 0.05) is 42.6 Å². The number of nitrogens with one attached hydrogen (secondary N) is 1. The number of nitrogens with zero attached hydrogens (tertiary/aromatic N) is 2. The first kappa shape index (κ1) is 17.6. The lowest BCUT2D eigenvalue weighted by atomic mass is 10.2. The van der Waals surface area contributed by atoms with Crippen molar-refractivity contribution in [1.29, 1.82) is 0 Å². The van der Waals surface area contributed by atoms with Crippen LogP contribution in [0.3, 0.4) is 0 Å². The monoisotopic (exact) mass is 359 g/mol. The Balaban J connectivity index is 1.46. The van der Waals surface area contributed by atoms with Crippen LogP contribution in [-0.2, 0) is 4.79 Å². The van der Waals surface area contributed by atoms with Crippen LogP contribution in [0, 0.1) is 0 Å². The van der Waals surface area contributed by atoms with E-state index in [1.807, 2.05) is 48.5 Å². The lowest BCUT2D eigenvalue weighted by Crippen LogP contribution is -2.48. The van der Waals surface area contributed by atoms with Crippen molar-refractivity contribution in [3.05, 3.63) is 53.6 Å². The maximum absolute atomic E-state index is 12.2. The third-order valence-electron chi connectivity index (χ3n) is 4.31. The summed E-state index contributed by atoms with van der Waals surface area (Å²) in [5.74, 6) is 0.779. The number of hydrogen-bond donors (Lipinski definition) is 1. The van der Waals surface area contributed by atoms with Gasteiger partial charge in [0.2, 0.25) is 5.91 Å². The zero-order valence-corrected chi connectivity index (χ0v) is 15.0. The number of halogens is 1. The first-order chi connectivity index (χ1) is 12.1. The first-order valence-corrected chi connectivity index (χ1v) is 8.68. The molecule has 1 aliphatic rings. The van der Waals surface area contributed by atoms with Crippen LogP contribution in [-0.4, -0.2) is 50.6 Å². The summed E-state index contributed by atoms with van der Waals surface area (Å²) in [7, 11) is 1.62. The summed E-state index contributed by atoms with van der Waals surface area (Å²) >= 11 is 5.94. The number of piperazine rings is 1. The molecule has 1 amide bonds. The molecule has 1 aliphatic heterocycles. The Bertz CT molecular complexity index is 696. The fraction of sp³-hybridized carbons (Fsp3) is 0.316. The maximum atomic E-state index is 12.2. The Morgan fingerprint density at radius 2 is 1.68 bits per heavy atom. The third-order valence-corrected chi connectivity index (χ3v) is 4.56. The van der Waals surface area contributed by atoms with Crippen LogP contribution in [0.1, 0.15) is 0 Å². The smallest absolute Gasteiger partial charge is 0.238 e. The molecule has 0 radical (unpaired) electrons. The number of amides is 1. The van der Waals surface area contributed by atoms with Gasteiger partial charge in [0.1, 0.15) is 5.75 Å². The molecule has 0 unspecified atom stereocenters. The number of carbonyl (C=O) groups is 1. The predicted molar refractivity (Wildman–Crippen MR) is 102 cm³/mol. The van der Waals surface area contributed by atoms with Gasteiger partial charge in [-0.1, -0.05) is 11.6 Å². The minimum absolute atomic E-state index is 0.00473. The lowest BCUT2D eigenvalue weighted by Gasteiger charge is -2.35. The van der Waals surface area contributed by atoms with E-state index in [1.165, 1.54) is 5.69 Å². The van der Waals surface area contributed by atoms with Gasteiger partial charge in [0.25, 0.3) is 0 Å². The van der Waals surface area contributed by atoms with E-state index in [-0.39, 0.29) is 5.91 Å². The van der Waals surface area contributed by atoms with E-state index in [4.69, 9.17) is 16.3 Å². The molecule has 1 fully saturated rings. The standard InChI is InChI=1S/C19H22ClN3O2/c1-25-18-8-4-16(5-9-18)21-19(24)14-22-10-12-23(13-11-22)17-6-2-15(20)3-7-17/h2-9H,10-14H2,1H3,(H,21,24). The molecule has 1 saturated heterocycles. The van der Waals surface area contributed by atoms with Gasteiger partial charge in [-0.2, -0.15) is 0 Å². The second-order valence-electron chi connectivity index (χ2n) is 6.02. The fourth-order valence-electron chi connectivity index (χ4n) is 2.89. The molecular formula is C19H22ClN3O2. The third kappa shape index (κ3) is 4.87. The van der Waals surface area contributed by atoms with E-state index in [2.05, 4.69) is 15.1 Å². The van der Waals surface area contributed by atoms with Gasteiger partial charge >= 0.3 is 0 Å². The van der Waals surface area contributed by atoms with Crippen molar-refractivity contribution >= 4 is 28.9 Å². The van der Waals surface area contributed by atoms with E-state index in [0.29, 0.717) is 6.54 Å². The number of hydrogen-bond acceptors (Lipinski definition) is 4. The summed E-state index contributed by atoms with van der Waals surface area (Å²) in [4.78, 5) is 16.7. The summed E-state index contributed by atoms with van der Waals surface area (Å²) in [6.07, 6.45) is 0. The summed E-state index contributed by atoms with van der Waals surface area (Å²) in [6.45, 7) is 3.92. The molecule has 0 aliphatic carbocycles. The van der Waals surface area contributed by atoms with Crippen molar-refractivity contribution in [2.75, 3.05) is 50.1 Å². The molecule has 5 nitrogen and oxygen atoms in total. The number of methoxy groups -OCH3 is 1. The van der Waals surface area contributed by atoms with E-state index >= 15 is 0 Å². The lowest BCUT2D eigenvalue weighted by molar-refractivity contribution is -0.117. The molecule has 25 heavy (non-hydrogen) atoms. The number of carbonyl (C=O) groups excluding carboxylic acids is 1. The first-order valence-electron chi connectivity index (χ1n) is 8.31. The van der Waals surface area contributed by atoms with E-state index < -0.39 is 0 Å². The Morgan fingerprint density at radius 1 is 1.04 bits per heavy atom. The predicted octanol–water partition coefficient (Wildman–Crippen LogP) is 3.11. The minimum atomic E-state index is 0.00473. The van der Waals surface area contributed by atoms with Crippen molar-refractivity contribution in [3.8, 4) is 5.75 Å². The van der Waals surface area contributed by atoms with Crippen molar-refractivity contribution in [2.24, 2.45) is 0 Å². The Morgan fingerprint density at radius 3 is 2.28 bits per heavy atom. The zero-order valence-electron chi connectivity index (χ0n) is 14.2. The average Bonchev–Trinajstić information content (AvgIpc) is 2.64. The molecule has 6 heteroatoms. The maximum Gasteiger partial charge on any atom is 0.238 e. The van der Waals surface area contributed by atoms with Gasteiger partial charge in [-0.25, -0.2) is 0 Å². The van der Waals surface area contributed by atoms with Gasteiger partial charge in [0.15, 0.2) is 0 Å². The van der Waals surface area contributed by atoms with Gasteiger partial charge < -0.3 is 15.0 Å². The minimum Gasteiger partial charge on any atom is -0.497 e. The quantitative estimate of drug-likeness (QED) is 0.891. The summed E-state index contributed by atoms with van der Waals surface area (Å²) in [5, 5.41) is 3.67. The normalized spacial score (nSPS) is 15.0. The van der Waals surface area contributed by atoms with Crippen molar-refractivity contribution < 1.29 is 9.53 Å². The molecule has 1 heterocycles. The van der Waals surface area contributed by atoms with E-state index in [9.17, 15) is 4.79 Å². The molecule has 0 atom stereocenters. The molecule has 1 N–H and O–H groups in total. The molecule has 0 spiro atoms. The Hall–Kier alpha value is -2.24. The SMILES string of the molecule is COc1ccc(NC(=O)CN2CCN(c3ccc(Cl)cc3)CC2)cc1. The van der Waals surface area contributed by atoms with Crippen molar-refractivity contribution in [3.63, 3.8) is 0 Å². The highest BCUT2D eigenvalue weighted by Crippen LogP contribution is 2.19. The molecule has 0 aromatic heterocycles. The second-order valence-corrected chi connectivity index (χ2v) is 6.45. The van der Waals surface area contributed by atoms with E-state index in [0.717, 1.165) is 42.6 Å². The Kier molecular flexibility index (Phi) is 5.79. The van der Waals surface area contributed by atoms with Crippen molar-refractivity contribution in [1.82, 2.24) is 4.90 Å². The van der Waals surface area contributed by atoms with Gasteiger partial charge in [-0.05, 0) is 48.5 Å². The molecule has 0 saturated carbocycles. The highest BCUT2D eigenvalue weighted by molar-refractivity contribution is 6.30. The summed E-state index contributed by atoms with van der Waals surface area (Å²) < 4.78 is 5.12. The molecule has 3 rings (SSSR count). The van der Waals surface area contributed by atoms with Gasteiger partial charge in [-0.3, -0.25) is 9.69 Å². The number of benzene rings is 2. The van der Waals surface area contributed by atoms with Crippen LogP contribution in [0.5, 0.6) is 5.75 Å². The summed E-state index contributed by atoms with van der Waals surface area (Å²) in [6, 6.07) is 15.2. The van der Waals surface area contributed by atoms with E-state index in [1.54, 1.807) is 7.11 Å². The highest BCUT2D eigenvalue weighted by Gasteiger charge is 2.19. The van der Waals surface area contributed by atoms with Crippen LogP contribution >= 0.6 is 11.6 Å². The number of rotatable bonds is 5. The topological polar surface area (TPSA) is 44.8 Å². The average molecular weight is 360 g/mol.